The zero-order chi connectivity index (χ0) is 19.8. The summed E-state index contributed by atoms with van der Waals surface area (Å²) < 4.78 is 10.9. The van der Waals surface area contributed by atoms with Crippen LogP contribution in [0.15, 0.2) is 78.9 Å². The van der Waals surface area contributed by atoms with E-state index >= 15 is 0 Å². The summed E-state index contributed by atoms with van der Waals surface area (Å²) in [7, 11) is 1.49. The fraction of sp³-hybridized carbons (Fsp3) is 0.125. The Morgan fingerprint density at radius 2 is 1.71 bits per heavy atom. The van der Waals surface area contributed by atoms with Gasteiger partial charge in [-0.05, 0) is 35.4 Å². The Morgan fingerprint density at radius 3 is 2.46 bits per heavy atom. The van der Waals surface area contributed by atoms with Crippen molar-refractivity contribution in [2.24, 2.45) is 0 Å². The predicted molar refractivity (Wildman–Crippen MR) is 110 cm³/mol. The largest absolute Gasteiger partial charge is 0.504 e. The Balaban J connectivity index is 1.64. The van der Waals surface area contributed by atoms with Crippen LogP contribution in [0.1, 0.15) is 16.7 Å². The molecule has 0 aliphatic carbocycles. The highest BCUT2D eigenvalue weighted by molar-refractivity contribution is 5.95. The van der Waals surface area contributed by atoms with Crippen LogP contribution in [0, 0.1) is 0 Å². The highest BCUT2D eigenvalue weighted by Crippen LogP contribution is 2.27. The predicted octanol–water partition coefficient (Wildman–Crippen LogP) is 4.80. The number of carbonyl (C=O) groups is 1. The summed E-state index contributed by atoms with van der Waals surface area (Å²) >= 11 is 0. The highest BCUT2D eigenvalue weighted by atomic mass is 16.5. The van der Waals surface area contributed by atoms with E-state index < -0.39 is 0 Å². The molecule has 0 atom stereocenters. The summed E-state index contributed by atoms with van der Waals surface area (Å²) in [5.74, 6) is 1.09. The van der Waals surface area contributed by atoms with Gasteiger partial charge in [0.05, 0.1) is 7.11 Å². The third-order valence-corrected chi connectivity index (χ3v) is 4.24. The van der Waals surface area contributed by atoms with Gasteiger partial charge in [0.15, 0.2) is 17.3 Å². The second kappa shape index (κ2) is 9.42. The van der Waals surface area contributed by atoms with Crippen molar-refractivity contribution in [3.63, 3.8) is 0 Å². The molecule has 3 aromatic rings. The van der Waals surface area contributed by atoms with Gasteiger partial charge in [0.25, 0.3) is 0 Å². The lowest BCUT2D eigenvalue weighted by atomic mass is 10.1. The molecule has 0 heterocycles. The molecule has 0 spiro atoms. The summed E-state index contributed by atoms with van der Waals surface area (Å²) in [6.45, 7) is 0.451. The lowest BCUT2D eigenvalue weighted by molar-refractivity contribution is -0.114. The summed E-state index contributed by atoms with van der Waals surface area (Å²) in [6.07, 6.45) is 3.42. The smallest absolute Gasteiger partial charge is 0.160 e. The molecule has 4 heteroatoms. The minimum atomic E-state index is -0.0499. The number of hydrogen-bond acceptors (Lipinski definition) is 4. The Hall–Kier alpha value is -3.53. The summed E-state index contributed by atoms with van der Waals surface area (Å²) in [5, 5.41) is 9.82. The molecule has 0 unspecified atom stereocenters. The minimum absolute atomic E-state index is 0.0387. The number of phenolic OH excluding ortho intramolecular Hbond substituents is 1. The Kier molecular flexibility index (Phi) is 6.47. The second-order valence-corrected chi connectivity index (χ2v) is 6.29. The SMILES string of the molecule is COc1ccc(/C=C/C(=O)Cc2ccccc2OCc2ccccc2)cc1O. The average Bonchev–Trinajstić information content (AvgIpc) is 2.72. The minimum Gasteiger partial charge on any atom is -0.504 e. The number of ketones is 1. The van der Waals surface area contributed by atoms with Crippen molar-refractivity contribution in [2.45, 2.75) is 13.0 Å². The topological polar surface area (TPSA) is 55.8 Å². The summed E-state index contributed by atoms with van der Waals surface area (Å²) in [4.78, 5) is 12.4. The van der Waals surface area contributed by atoms with E-state index in [1.807, 2.05) is 54.6 Å². The van der Waals surface area contributed by atoms with Gasteiger partial charge in [-0.15, -0.1) is 0 Å². The van der Waals surface area contributed by atoms with Crippen LogP contribution in [0.5, 0.6) is 17.2 Å². The van der Waals surface area contributed by atoms with E-state index in [1.165, 1.54) is 13.2 Å². The summed E-state index contributed by atoms with van der Waals surface area (Å²) in [6, 6.07) is 22.4. The summed E-state index contributed by atoms with van der Waals surface area (Å²) in [5.41, 5.74) is 2.63. The third-order valence-electron chi connectivity index (χ3n) is 4.24. The van der Waals surface area contributed by atoms with Crippen molar-refractivity contribution >= 4 is 11.9 Å². The van der Waals surface area contributed by atoms with Crippen LogP contribution in [0.25, 0.3) is 6.08 Å². The molecule has 3 rings (SSSR count). The van der Waals surface area contributed by atoms with Crippen LogP contribution in [0.2, 0.25) is 0 Å². The number of aromatic hydroxyl groups is 1. The molecule has 28 heavy (non-hydrogen) atoms. The normalized spacial score (nSPS) is 10.8. The van der Waals surface area contributed by atoms with Crippen molar-refractivity contribution in [3.8, 4) is 17.2 Å². The first-order valence-corrected chi connectivity index (χ1v) is 8.98. The lowest BCUT2D eigenvalue weighted by Crippen LogP contribution is -2.03. The van der Waals surface area contributed by atoms with Gasteiger partial charge in [0.2, 0.25) is 0 Å². The number of hydrogen-bond donors (Lipinski definition) is 1. The quantitative estimate of drug-likeness (QED) is 0.575. The number of methoxy groups -OCH3 is 1. The van der Waals surface area contributed by atoms with Gasteiger partial charge in [-0.2, -0.15) is 0 Å². The van der Waals surface area contributed by atoms with E-state index in [2.05, 4.69) is 0 Å². The number of allylic oxidation sites excluding steroid dienone is 1. The maximum Gasteiger partial charge on any atom is 0.160 e. The van der Waals surface area contributed by atoms with Crippen LogP contribution in [0.4, 0.5) is 0 Å². The molecule has 0 aliphatic heterocycles. The maximum atomic E-state index is 12.4. The molecule has 1 N–H and O–H groups in total. The molecule has 4 nitrogen and oxygen atoms in total. The van der Waals surface area contributed by atoms with Gasteiger partial charge in [-0.25, -0.2) is 0 Å². The molecule has 0 fully saturated rings. The van der Waals surface area contributed by atoms with Crippen molar-refractivity contribution < 1.29 is 19.4 Å². The average molecular weight is 374 g/mol. The maximum absolute atomic E-state index is 12.4. The number of benzene rings is 3. The van der Waals surface area contributed by atoms with Crippen molar-refractivity contribution in [3.05, 3.63) is 95.6 Å². The first-order chi connectivity index (χ1) is 13.7. The third kappa shape index (κ3) is 5.24. The monoisotopic (exact) mass is 374 g/mol. The highest BCUT2D eigenvalue weighted by Gasteiger charge is 2.08. The molecule has 0 amide bonds. The van der Waals surface area contributed by atoms with E-state index in [9.17, 15) is 9.90 Å². The lowest BCUT2D eigenvalue weighted by Gasteiger charge is -2.10. The van der Waals surface area contributed by atoms with Crippen molar-refractivity contribution in [1.29, 1.82) is 0 Å². The Bertz CT molecular complexity index is 961. The first kappa shape index (κ1) is 19.2. The second-order valence-electron chi connectivity index (χ2n) is 6.29. The molecule has 0 saturated heterocycles. The zero-order valence-corrected chi connectivity index (χ0v) is 15.7. The zero-order valence-electron chi connectivity index (χ0n) is 15.7. The Labute approximate surface area is 164 Å². The molecule has 3 aromatic carbocycles. The van der Waals surface area contributed by atoms with Gasteiger partial charge in [-0.1, -0.05) is 60.7 Å². The number of para-hydroxylation sites is 1. The van der Waals surface area contributed by atoms with Crippen LogP contribution in [0.3, 0.4) is 0 Å². The van der Waals surface area contributed by atoms with Gasteiger partial charge in [0.1, 0.15) is 12.4 Å². The molecular formula is C24H22O4. The molecule has 0 bridgehead atoms. The van der Waals surface area contributed by atoms with Gasteiger partial charge >= 0.3 is 0 Å². The van der Waals surface area contributed by atoms with Crippen LogP contribution >= 0.6 is 0 Å². The number of rotatable bonds is 8. The standard InChI is InChI=1S/C24H22O4/c1-27-24-14-12-18(15-22(24)26)11-13-21(25)16-20-9-5-6-10-23(20)28-17-19-7-3-2-4-8-19/h2-15,26H,16-17H2,1H3/b13-11+. The molecule has 142 valence electrons. The molecular weight excluding hydrogens is 352 g/mol. The molecule has 0 aliphatic rings. The van der Waals surface area contributed by atoms with E-state index in [0.717, 1.165) is 16.7 Å². The van der Waals surface area contributed by atoms with Crippen LogP contribution in [-0.2, 0) is 17.8 Å². The van der Waals surface area contributed by atoms with Crippen molar-refractivity contribution in [2.75, 3.05) is 7.11 Å². The van der Waals surface area contributed by atoms with E-state index in [1.54, 1.807) is 24.3 Å². The van der Waals surface area contributed by atoms with Gasteiger partial charge in [-0.3, -0.25) is 4.79 Å². The number of carbonyl (C=O) groups excluding carboxylic acids is 1. The van der Waals surface area contributed by atoms with Gasteiger partial charge < -0.3 is 14.6 Å². The van der Waals surface area contributed by atoms with E-state index in [0.29, 0.717) is 18.1 Å². The van der Waals surface area contributed by atoms with Crippen LogP contribution < -0.4 is 9.47 Å². The Morgan fingerprint density at radius 1 is 0.964 bits per heavy atom. The van der Waals surface area contributed by atoms with Gasteiger partial charge in [0, 0.05) is 12.0 Å². The van der Waals surface area contributed by atoms with E-state index in [4.69, 9.17) is 9.47 Å². The molecule has 0 radical (unpaired) electrons. The number of phenols is 1. The number of ether oxygens (including phenoxy) is 2. The van der Waals surface area contributed by atoms with Crippen LogP contribution in [-0.4, -0.2) is 18.0 Å². The van der Waals surface area contributed by atoms with Crippen molar-refractivity contribution in [1.82, 2.24) is 0 Å². The fourth-order valence-corrected chi connectivity index (χ4v) is 2.77. The van der Waals surface area contributed by atoms with E-state index in [-0.39, 0.29) is 18.0 Å². The molecule has 0 aromatic heterocycles. The fourth-order valence-electron chi connectivity index (χ4n) is 2.77. The molecule has 0 saturated carbocycles. The first-order valence-electron chi connectivity index (χ1n) is 8.98.